The SMILES string of the molecule is CCOc1ccc(C(/C=C/C(=O)O)NC)cc1. The highest BCUT2D eigenvalue weighted by Crippen LogP contribution is 2.18. The zero-order valence-corrected chi connectivity index (χ0v) is 10.0. The van der Waals surface area contributed by atoms with Gasteiger partial charge in [-0.05, 0) is 31.7 Å². The normalized spacial score (nSPS) is 12.6. The van der Waals surface area contributed by atoms with Crippen molar-refractivity contribution in [3.63, 3.8) is 0 Å². The maximum Gasteiger partial charge on any atom is 0.328 e. The number of hydrogen-bond donors (Lipinski definition) is 2. The van der Waals surface area contributed by atoms with Crippen LogP contribution >= 0.6 is 0 Å². The van der Waals surface area contributed by atoms with Gasteiger partial charge in [0.1, 0.15) is 5.75 Å². The van der Waals surface area contributed by atoms with E-state index in [1.54, 1.807) is 13.1 Å². The summed E-state index contributed by atoms with van der Waals surface area (Å²) in [5.41, 5.74) is 0.994. The molecule has 0 aliphatic carbocycles. The lowest BCUT2D eigenvalue weighted by molar-refractivity contribution is -0.131. The first-order valence-electron chi connectivity index (χ1n) is 5.48. The monoisotopic (exact) mass is 235 g/mol. The predicted molar refractivity (Wildman–Crippen MR) is 66.2 cm³/mol. The Labute approximate surface area is 101 Å². The fraction of sp³-hybridized carbons (Fsp3) is 0.308. The number of aliphatic carboxylic acids is 1. The molecule has 0 fully saturated rings. The summed E-state index contributed by atoms with van der Waals surface area (Å²) in [5, 5.41) is 11.6. The number of hydrogen-bond acceptors (Lipinski definition) is 3. The van der Waals surface area contributed by atoms with Crippen molar-refractivity contribution in [3.05, 3.63) is 42.0 Å². The molecule has 0 heterocycles. The van der Waals surface area contributed by atoms with E-state index in [4.69, 9.17) is 9.84 Å². The summed E-state index contributed by atoms with van der Waals surface area (Å²) >= 11 is 0. The van der Waals surface area contributed by atoms with Gasteiger partial charge in [0.15, 0.2) is 0 Å². The molecule has 0 spiro atoms. The van der Waals surface area contributed by atoms with Gasteiger partial charge in [-0.15, -0.1) is 0 Å². The fourth-order valence-corrected chi connectivity index (χ4v) is 1.49. The maximum absolute atomic E-state index is 10.5. The van der Waals surface area contributed by atoms with E-state index in [2.05, 4.69) is 5.32 Å². The summed E-state index contributed by atoms with van der Waals surface area (Å²) in [4.78, 5) is 10.5. The van der Waals surface area contributed by atoms with Crippen LogP contribution in [0.4, 0.5) is 0 Å². The van der Waals surface area contributed by atoms with Crippen molar-refractivity contribution in [2.24, 2.45) is 0 Å². The number of benzene rings is 1. The van der Waals surface area contributed by atoms with Crippen molar-refractivity contribution in [1.82, 2.24) is 5.32 Å². The van der Waals surface area contributed by atoms with Crippen LogP contribution in [0.3, 0.4) is 0 Å². The highest BCUT2D eigenvalue weighted by atomic mass is 16.5. The summed E-state index contributed by atoms with van der Waals surface area (Å²) in [6.07, 6.45) is 2.75. The van der Waals surface area contributed by atoms with Crippen molar-refractivity contribution in [3.8, 4) is 5.75 Å². The van der Waals surface area contributed by atoms with E-state index >= 15 is 0 Å². The molecule has 92 valence electrons. The minimum Gasteiger partial charge on any atom is -0.494 e. The van der Waals surface area contributed by atoms with Crippen LogP contribution in [0.5, 0.6) is 5.75 Å². The molecule has 0 aromatic heterocycles. The molecule has 0 saturated carbocycles. The van der Waals surface area contributed by atoms with E-state index in [0.717, 1.165) is 17.4 Å². The first-order valence-corrected chi connectivity index (χ1v) is 5.48. The highest BCUT2D eigenvalue weighted by molar-refractivity contribution is 5.79. The summed E-state index contributed by atoms with van der Waals surface area (Å²) in [7, 11) is 1.79. The predicted octanol–water partition coefficient (Wildman–Crippen LogP) is 1.99. The zero-order chi connectivity index (χ0) is 12.7. The molecule has 1 aromatic rings. The molecule has 4 nitrogen and oxygen atoms in total. The molecule has 1 unspecified atom stereocenters. The maximum atomic E-state index is 10.5. The molecule has 0 aliphatic heterocycles. The molecule has 0 saturated heterocycles. The molecule has 17 heavy (non-hydrogen) atoms. The van der Waals surface area contributed by atoms with E-state index in [1.165, 1.54) is 0 Å². The van der Waals surface area contributed by atoms with Gasteiger partial charge >= 0.3 is 5.97 Å². The lowest BCUT2D eigenvalue weighted by Gasteiger charge is -2.12. The molecule has 4 heteroatoms. The van der Waals surface area contributed by atoms with Gasteiger partial charge in [0.25, 0.3) is 0 Å². The Morgan fingerprint density at radius 1 is 1.47 bits per heavy atom. The minimum absolute atomic E-state index is 0.109. The van der Waals surface area contributed by atoms with Crippen LogP contribution in [0.1, 0.15) is 18.5 Å². The highest BCUT2D eigenvalue weighted by Gasteiger charge is 2.05. The number of rotatable bonds is 6. The van der Waals surface area contributed by atoms with Gasteiger partial charge in [-0.2, -0.15) is 0 Å². The third kappa shape index (κ3) is 4.28. The van der Waals surface area contributed by atoms with E-state index in [0.29, 0.717) is 6.61 Å². The van der Waals surface area contributed by atoms with Crippen molar-refractivity contribution < 1.29 is 14.6 Å². The number of likely N-dealkylation sites (N-methyl/N-ethyl adjacent to an activating group) is 1. The number of nitrogens with one attached hydrogen (secondary N) is 1. The van der Waals surface area contributed by atoms with Crippen molar-refractivity contribution in [1.29, 1.82) is 0 Å². The van der Waals surface area contributed by atoms with Gasteiger partial charge in [-0.3, -0.25) is 0 Å². The Morgan fingerprint density at radius 2 is 2.12 bits per heavy atom. The number of carbonyl (C=O) groups is 1. The number of carboxylic acid groups (broad SMARTS) is 1. The molecule has 0 radical (unpaired) electrons. The van der Waals surface area contributed by atoms with E-state index in [1.807, 2.05) is 31.2 Å². The van der Waals surface area contributed by atoms with Gasteiger partial charge in [-0.25, -0.2) is 4.79 Å². The number of carboxylic acids is 1. The van der Waals surface area contributed by atoms with Gasteiger partial charge in [0, 0.05) is 6.08 Å². The quantitative estimate of drug-likeness (QED) is 0.740. The largest absolute Gasteiger partial charge is 0.494 e. The first-order chi connectivity index (χ1) is 8.17. The second kappa shape index (κ2) is 6.70. The molecule has 0 aliphatic rings. The minimum atomic E-state index is -0.948. The lowest BCUT2D eigenvalue weighted by atomic mass is 10.1. The summed E-state index contributed by atoms with van der Waals surface area (Å²) in [5.74, 6) is -0.135. The fourth-order valence-electron chi connectivity index (χ4n) is 1.49. The zero-order valence-electron chi connectivity index (χ0n) is 10.0. The van der Waals surface area contributed by atoms with Crippen LogP contribution in [-0.4, -0.2) is 24.7 Å². The van der Waals surface area contributed by atoms with Crippen LogP contribution in [0, 0.1) is 0 Å². The van der Waals surface area contributed by atoms with Crippen molar-refractivity contribution >= 4 is 5.97 Å². The van der Waals surface area contributed by atoms with Gasteiger partial charge in [-0.1, -0.05) is 18.2 Å². The molecule has 2 N–H and O–H groups in total. The van der Waals surface area contributed by atoms with Crippen LogP contribution < -0.4 is 10.1 Å². The molecular weight excluding hydrogens is 218 g/mol. The lowest BCUT2D eigenvalue weighted by Crippen LogP contribution is -2.14. The van der Waals surface area contributed by atoms with E-state index < -0.39 is 5.97 Å². The van der Waals surface area contributed by atoms with Crippen LogP contribution in [0.25, 0.3) is 0 Å². The van der Waals surface area contributed by atoms with Crippen molar-refractivity contribution in [2.45, 2.75) is 13.0 Å². The Bertz CT molecular complexity index is 384. The standard InChI is InChI=1S/C13H17NO3/c1-3-17-11-6-4-10(5-7-11)12(14-2)8-9-13(15)16/h4-9,12,14H,3H2,1-2H3,(H,15,16)/b9-8+. The van der Waals surface area contributed by atoms with Gasteiger partial charge in [0.05, 0.1) is 12.6 Å². The molecule has 1 rings (SSSR count). The molecule has 1 aromatic carbocycles. The van der Waals surface area contributed by atoms with Gasteiger partial charge in [0.2, 0.25) is 0 Å². The Kier molecular flexibility index (Phi) is 5.23. The van der Waals surface area contributed by atoms with Crippen LogP contribution in [0.15, 0.2) is 36.4 Å². The summed E-state index contributed by atoms with van der Waals surface area (Å²) < 4.78 is 5.34. The van der Waals surface area contributed by atoms with Crippen LogP contribution in [-0.2, 0) is 4.79 Å². The molecule has 0 amide bonds. The third-order valence-corrected chi connectivity index (χ3v) is 2.29. The second-order valence-corrected chi connectivity index (χ2v) is 3.47. The third-order valence-electron chi connectivity index (χ3n) is 2.29. The summed E-state index contributed by atoms with van der Waals surface area (Å²) in [6, 6.07) is 7.47. The molecule has 0 bridgehead atoms. The van der Waals surface area contributed by atoms with Gasteiger partial charge < -0.3 is 15.2 Å². The summed E-state index contributed by atoms with van der Waals surface area (Å²) in [6.45, 7) is 2.56. The average molecular weight is 235 g/mol. The Hall–Kier alpha value is -1.81. The van der Waals surface area contributed by atoms with E-state index in [-0.39, 0.29) is 6.04 Å². The average Bonchev–Trinajstić information content (AvgIpc) is 2.32. The van der Waals surface area contributed by atoms with E-state index in [9.17, 15) is 4.79 Å². The van der Waals surface area contributed by atoms with Crippen molar-refractivity contribution in [2.75, 3.05) is 13.7 Å². The first kappa shape index (κ1) is 13.3. The second-order valence-electron chi connectivity index (χ2n) is 3.47. The Morgan fingerprint density at radius 3 is 2.59 bits per heavy atom. The van der Waals surface area contributed by atoms with Crippen LogP contribution in [0.2, 0.25) is 0 Å². The number of ether oxygens (including phenoxy) is 1. The topological polar surface area (TPSA) is 58.6 Å². The molecular formula is C13H17NO3. The Balaban J connectivity index is 2.78. The smallest absolute Gasteiger partial charge is 0.328 e. The molecule has 1 atom stereocenters.